The van der Waals surface area contributed by atoms with E-state index in [9.17, 15) is 18.3 Å². The van der Waals surface area contributed by atoms with E-state index in [-0.39, 0.29) is 34.7 Å². The van der Waals surface area contributed by atoms with Gasteiger partial charge in [-0.05, 0) is 35.4 Å². The molecule has 5 nitrogen and oxygen atoms in total. The zero-order valence-corrected chi connectivity index (χ0v) is 17.7. The Morgan fingerprint density at radius 3 is 2.27 bits per heavy atom. The third-order valence-electron chi connectivity index (χ3n) is 4.80. The minimum Gasteiger partial charge on any atom is -0.507 e. The summed E-state index contributed by atoms with van der Waals surface area (Å²) < 4.78 is 47.2. The van der Waals surface area contributed by atoms with Crippen molar-refractivity contribution >= 4 is 17.5 Å². The van der Waals surface area contributed by atoms with Gasteiger partial charge in [-0.3, -0.25) is 0 Å². The van der Waals surface area contributed by atoms with Crippen LogP contribution in [0.3, 0.4) is 0 Å². The first-order valence-electron chi connectivity index (χ1n) is 9.73. The number of rotatable bonds is 5. The molecule has 0 aliphatic rings. The minimum absolute atomic E-state index is 0.0623. The van der Waals surface area contributed by atoms with E-state index < -0.39 is 17.8 Å². The standard InChI is InChI=1S/C24H17ClF3N3O2/c25-16-8-6-14(7-9-16)13-33-17-10-11-18(19(32)12-17)21-20(15-4-2-1-3-5-15)22(24(26,27)28)31-23(29)30-21/h1-12,32H,13H2,(H2,29,30,31). The molecule has 0 atom stereocenters. The molecule has 0 radical (unpaired) electrons. The number of benzene rings is 3. The Bertz CT molecular complexity index is 1280. The van der Waals surface area contributed by atoms with Gasteiger partial charge in [0.05, 0.1) is 5.69 Å². The zero-order chi connectivity index (χ0) is 23.6. The molecule has 3 aromatic carbocycles. The highest BCUT2D eigenvalue weighted by Gasteiger charge is 2.38. The van der Waals surface area contributed by atoms with Crippen LogP contribution in [0.4, 0.5) is 19.1 Å². The van der Waals surface area contributed by atoms with E-state index >= 15 is 0 Å². The molecule has 0 saturated heterocycles. The molecule has 0 amide bonds. The van der Waals surface area contributed by atoms with Gasteiger partial charge in [0.1, 0.15) is 18.1 Å². The SMILES string of the molecule is Nc1nc(-c2ccc(OCc3ccc(Cl)cc3)cc2O)c(-c2ccccc2)c(C(F)(F)F)n1. The normalized spacial score (nSPS) is 11.4. The zero-order valence-electron chi connectivity index (χ0n) is 17.0. The summed E-state index contributed by atoms with van der Waals surface area (Å²) in [6.07, 6.45) is -4.78. The summed E-state index contributed by atoms with van der Waals surface area (Å²) in [6, 6.07) is 19.2. The van der Waals surface area contributed by atoms with Crippen LogP contribution in [0.25, 0.3) is 22.4 Å². The molecule has 0 saturated carbocycles. The van der Waals surface area contributed by atoms with Crippen molar-refractivity contribution in [2.24, 2.45) is 0 Å². The number of halogens is 4. The molecule has 33 heavy (non-hydrogen) atoms. The van der Waals surface area contributed by atoms with Crippen molar-refractivity contribution in [3.63, 3.8) is 0 Å². The summed E-state index contributed by atoms with van der Waals surface area (Å²) in [4.78, 5) is 7.49. The number of nitrogens with zero attached hydrogens (tertiary/aromatic N) is 2. The highest BCUT2D eigenvalue weighted by atomic mass is 35.5. The number of hydrogen-bond acceptors (Lipinski definition) is 5. The van der Waals surface area contributed by atoms with Gasteiger partial charge in [0.25, 0.3) is 0 Å². The summed E-state index contributed by atoms with van der Waals surface area (Å²) in [5.41, 5.74) is 5.17. The first-order chi connectivity index (χ1) is 15.7. The molecular formula is C24H17ClF3N3O2. The van der Waals surface area contributed by atoms with E-state index in [0.29, 0.717) is 10.8 Å². The number of nitrogen functional groups attached to an aromatic ring is 1. The molecule has 0 bridgehead atoms. The lowest BCUT2D eigenvalue weighted by atomic mass is 9.96. The number of aromatic nitrogens is 2. The minimum atomic E-state index is -4.78. The lowest BCUT2D eigenvalue weighted by Gasteiger charge is -2.17. The van der Waals surface area contributed by atoms with E-state index in [1.54, 1.807) is 42.5 Å². The summed E-state index contributed by atoms with van der Waals surface area (Å²) in [5.74, 6) is -0.544. The number of alkyl halides is 3. The van der Waals surface area contributed by atoms with Gasteiger partial charge in [0, 0.05) is 22.2 Å². The molecule has 1 heterocycles. The number of ether oxygens (including phenoxy) is 1. The lowest BCUT2D eigenvalue weighted by Crippen LogP contribution is -2.14. The molecule has 0 aliphatic carbocycles. The van der Waals surface area contributed by atoms with Gasteiger partial charge in [0.15, 0.2) is 5.69 Å². The smallest absolute Gasteiger partial charge is 0.434 e. The second-order valence-electron chi connectivity index (χ2n) is 7.11. The summed E-state index contributed by atoms with van der Waals surface area (Å²) in [7, 11) is 0. The van der Waals surface area contributed by atoms with Crippen molar-refractivity contribution in [1.29, 1.82) is 0 Å². The Hall–Kier alpha value is -3.78. The van der Waals surface area contributed by atoms with Gasteiger partial charge < -0.3 is 15.6 Å². The van der Waals surface area contributed by atoms with Gasteiger partial charge in [0.2, 0.25) is 5.95 Å². The molecule has 4 aromatic rings. The molecule has 4 rings (SSSR count). The Balaban J connectivity index is 1.75. The van der Waals surface area contributed by atoms with Gasteiger partial charge >= 0.3 is 6.18 Å². The quantitative estimate of drug-likeness (QED) is 0.354. The number of anilines is 1. The number of phenolic OH excluding ortho intramolecular Hbond substituents is 1. The Kier molecular flexibility index (Phi) is 6.11. The Labute approximate surface area is 192 Å². The van der Waals surface area contributed by atoms with Crippen molar-refractivity contribution in [3.05, 3.63) is 89.1 Å². The molecular weight excluding hydrogens is 455 g/mol. The fourth-order valence-corrected chi connectivity index (χ4v) is 3.43. The molecule has 3 N–H and O–H groups in total. The molecule has 0 aliphatic heterocycles. The molecule has 168 valence electrons. The first kappa shape index (κ1) is 22.4. The number of nitrogens with two attached hydrogens (primary N) is 1. The fraction of sp³-hybridized carbons (Fsp3) is 0.0833. The van der Waals surface area contributed by atoms with Crippen LogP contribution in [0.2, 0.25) is 5.02 Å². The maximum Gasteiger partial charge on any atom is 0.434 e. The van der Waals surface area contributed by atoms with Crippen LogP contribution in [0.1, 0.15) is 11.3 Å². The average molecular weight is 472 g/mol. The van der Waals surface area contributed by atoms with Crippen molar-refractivity contribution in [2.75, 3.05) is 5.73 Å². The fourth-order valence-electron chi connectivity index (χ4n) is 3.31. The first-order valence-corrected chi connectivity index (χ1v) is 10.1. The molecule has 0 fully saturated rings. The second kappa shape index (κ2) is 8.99. The van der Waals surface area contributed by atoms with Crippen molar-refractivity contribution in [1.82, 2.24) is 9.97 Å². The van der Waals surface area contributed by atoms with E-state index in [2.05, 4.69) is 9.97 Å². The lowest BCUT2D eigenvalue weighted by molar-refractivity contribution is -0.140. The van der Waals surface area contributed by atoms with Crippen LogP contribution in [-0.2, 0) is 12.8 Å². The van der Waals surface area contributed by atoms with Gasteiger partial charge in [-0.1, -0.05) is 54.1 Å². The predicted molar refractivity (Wildman–Crippen MR) is 120 cm³/mol. The van der Waals surface area contributed by atoms with Crippen LogP contribution in [0.15, 0.2) is 72.8 Å². The Morgan fingerprint density at radius 1 is 0.939 bits per heavy atom. The van der Waals surface area contributed by atoms with Crippen LogP contribution >= 0.6 is 11.6 Å². The monoisotopic (exact) mass is 471 g/mol. The summed E-state index contributed by atoms with van der Waals surface area (Å²) in [5, 5.41) is 11.2. The molecule has 1 aromatic heterocycles. The predicted octanol–water partition coefficient (Wildman–Crippen LogP) is 6.35. The molecule has 9 heteroatoms. The van der Waals surface area contributed by atoms with Crippen molar-refractivity contribution < 1.29 is 23.0 Å². The third-order valence-corrected chi connectivity index (χ3v) is 5.05. The van der Waals surface area contributed by atoms with E-state index in [4.69, 9.17) is 22.1 Å². The topological polar surface area (TPSA) is 81.3 Å². The van der Waals surface area contributed by atoms with Crippen LogP contribution < -0.4 is 10.5 Å². The molecule has 0 spiro atoms. The van der Waals surface area contributed by atoms with Crippen molar-refractivity contribution in [2.45, 2.75) is 12.8 Å². The summed E-state index contributed by atoms with van der Waals surface area (Å²) >= 11 is 5.87. The van der Waals surface area contributed by atoms with Crippen LogP contribution in [0.5, 0.6) is 11.5 Å². The second-order valence-corrected chi connectivity index (χ2v) is 7.55. The van der Waals surface area contributed by atoms with E-state index in [1.165, 1.54) is 30.3 Å². The van der Waals surface area contributed by atoms with Crippen molar-refractivity contribution in [3.8, 4) is 33.9 Å². The maximum atomic E-state index is 13.8. The van der Waals surface area contributed by atoms with Gasteiger partial charge in [-0.15, -0.1) is 0 Å². The van der Waals surface area contributed by atoms with Crippen LogP contribution in [0, 0.1) is 0 Å². The Morgan fingerprint density at radius 2 is 1.64 bits per heavy atom. The van der Waals surface area contributed by atoms with E-state index in [0.717, 1.165) is 5.56 Å². The maximum absolute atomic E-state index is 13.8. The highest BCUT2D eigenvalue weighted by Crippen LogP contribution is 2.43. The highest BCUT2D eigenvalue weighted by molar-refractivity contribution is 6.30. The molecule has 0 unspecified atom stereocenters. The number of hydrogen-bond donors (Lipinski definition) is 2. The number of aromatic hydroxyl groups is 1. The largest absolute Gasteiger partial charge is 0.507 e. The summed E-state index contributed by atoms with van der Waals surface area (Å²) in [6.45, 7) is 0.212. The average Bonchev–Trinajstić information content (AvgIpc) is 2.78. The number of phenols is 1. The third kappa shape index (κ3) is 5.01. The van der Waals surface area contributed by atoms with Gasteiger partial charge in [-0.2, -0.15) is 13.2 Å². The van der Waals surface area contributed by atoms with Crippen LogP contribution in [-0.4, -0.2) is 15.1 Å². The van der Waals surface area contributed by atoms with E-state index in [1.807, 2.05) is 0 Å². The van der Waals surface area contributed by atoms with Gasteiger partial charge in [-0.25, -0.2) is 9.97 Å².